The van der Waals surface area contributed by atoms with Crippen LogP contribution < -0.4 is 5.32 Å². The summed E-state index contributed by atoms with van der Waals surface area (Å²) < 4.78 is 63.8. The van der Waals surface area contributed by atoms with E-state index < -0.39 is 22.6 Å². The lowest BCUT2D eigenvalue weighted by molar-refractivity contribution is -0.142. The van der Waals surface area contributed by atoms with Gasteiger partial charge in [0.15, 0.2) is 5.69 Å². The van der Waals surface area contributed by atoms with Gasteiger partial charge in [0.1, 0.15) is 0 Å². The molecule has 0 saturated carbocycles. The van der Waals surface area contributed by atoms with Gasteiger partial charge in [-0.2, -0.15) is 18.3 Å². The van der Waals surface area contributed by atoms with E-state index in [0.717, 1.165) is 18.4 Å². The molecular formula is C19H25F3N4O2S. The fourth-order valence-corrected chi connectivity index (χ4v) is 5.69. The highest BCUT2D eigenvalue weighted by Gasteiger charge is 2.41. The molecule has 1 atom stereocenters. The summed E-state index contributed by atoms with van der Waals surface area (Å²) in [5.41, 5.74) is 1.55. The maximum Gasteiger partial charge on any atom is 0.435 e. The van der Waals surface area contributed by atoms with Crippen molar-refractivity contribution in [3.8, 4) is 5.69 Å². The van der Waals surface area contributed by atoms with E-state index in [1.54, 1.807) is 23.5 Å². The number of benzene rings is 1. The van der Waals surface area contributed by atoms with Crippen molar-refractivity contribution in [2.75, 3.05) is 19.3 Å². The quantitative estimate of drug-likeness (QED) is 0.687. The summed E-state index contributed by atoms with van der Waals surface area (Å²) in [6.07, 6.45) is -2.15. The summed E-state index contributed by atoms with van der Waals surface area (Å²) in [6.45, 7) is 1.02. The van der Waals surface area contributed by atoms with Crippen LogP contribution in [0.5, 0.6) is 0 Å². The molecule has 0 radical (unpaired) electrons. The van der Waals surface area contributed by atoms with Crippen LogP contribution in [0, 0.1) is 0 Å². The molecule has 0 bridgehead atoms. The van der Waals surface area contributed by atoms with Gasteiger partial charge in [0.05, 0.1) is 11.4 Å². The number of hydrogen-bond donors (Lipinski definition) is 3. The van der Waals surface area contributed by atoms with Gasteiger partial charge in [0.25, 0.3) is 0 Å². The van der Waals surface area contributed by atoms with Crippen molar-refractivity contribution >= 4 is 10.8 Å². The fraction of sp³-hybridized carbons (Fsp3) is 0.526. The molecule has 0 spiro atoms. The average molecular weight is 430 g/mol. The Bertz CT molecular complexity index is 883. The van der Waals surface area contributed by atoms with Crippen LogP contribution in [0.25, 0.3) is 5.69 Å². The second-order valence-electron chi connectivity index (χ2n) is 7.63. The molecular weight excluding hydrogens is 405 g/mol. The highest BCUT2D eigenvalue weighted by atomic mass is 32.3. The Labute approximate surface area is 169 Å². The Morgan fingerprint density at radius 3 is 2.55 bits per heavy atom. The molecule has 0 amide bonds. The highest BCUT2D eigenvalue weighted by molar-refractivity contribution is 8.22. The van der Waals surface area contributed by atoms with Crippen LogP contribution in [-0.2, 0) is 25.6 Å². The summed E-state index contributed by atoms with van der Waals surface area (Å²) in [5, 5.41) is 7.01. The predicted molar refractivity (Wildman–Crippen MR) is 106 cm³/mol. The van der Waals surface area contributed by atoms with E-state index >= 15 is 0 Å². The maximum atomic E-state index is 13.6. The summed E-state index contributed by atoms with van der Waals surface area (Å²) >= 11 is 0. The van der Waals surface area contributed by atoms with Crippen LogP contribution in [-0.4, -0.2) is 48.6 Å². The summed E-state index contributed by atoms with van der Waals surface area (Å²) in [4.78, 5) is 0. The van der Waals surface area contributed by atoms with E-state index in [4.69, 9.17) is 0 Å². The zero-order valence-electron chi connectivity index (χ0n) is 16.1. The van der Waals surface area contributed by atoms with Gasteiger partial charge >= 0.3 is 6.18 Å². The number of fused-ring (bicyclic) bond motifs is 1. The molecule has 3 N–H and O–H groups in total. The average Bonchev–Trinajstić information content (AvgIpc) is 3.22. The van der Waals surface area contributed by atoms with Gasteiger partial charge < -0.3 is 5.32 Å². The number of rotatable bonds is 4. The zero-order valence-corrected chi connectivity index (χ0v) is 16.9. The molecule has 1 unspecified atom stereocenters. The predicted octanol–water partition coefficient (Wildman–Crippen LogP) is 3.84. The number of halogens is 3. The molecule has 160 valence electrons. The van der Waals surface area contributed by atoms with E-state index in [-0.39, 0.29) is 11.6 Å². The van der Waals surface area contributed by atoms with Crippen LogP contribution in [0.1, 0.15) is 35.4 Å². The van der Waals surface area contributed by atoms with E-state index in [0.29, 0.717) is 43.1 Å². The van der Waals surface area contributed by atoms with Crippen LogP contribution in [0.2, 0.25) is 0 Å². The first-order chi connectivity index (χ1) is 13.7. The highest BCUT2D eigenvalue weighted by Crippen LogP contribution is 2.49. The summed E-state index contributed by atoms with van der Waals surface area (Å²) in [7, 11) is -0.930. The SMILES string of the molecule is CNC1CCc2c(c(C(F)(F)F)nn2-c2ccc(CN3CCCS3(O)O)cc2)C1. The molecule has 1 aromatic heterocycles. The third-order valence-electron chi connectivity index (χ3n) is 5.73. The molecule has 10 heteroatoms. The second kappa shape index (κ2) is 7.59. The minimum absolute atomic E-state index is 0.0174. The molecule has 1 saturated heterocycles. The number of likely N-dealkylation sites (N-methyl/N-ethyl adjacent to an activating group) is 1. The Morgan fingerprint density at radius 2 is 1.97 bits per heavy atom. The van der Waals surface area contributed by atoms with E-state index in [2.05, 4.69) is 10.4 Å². The smallest absolute Gasteiger partial charge is 0.317 e. The lowest BCUT2D eigenvalue weighted by Crippen LogP contribution is -2.32. The molecule has 6 nitrogen and oxygen atoms in total. The number of alkyl halides is 3. The third-order valence-corrected chi connectivity index (χ3v) is 7.70. The van der Waals surface area contributed by atoms with Gasteiger partial charge in [-0.1, -0.05) is 12.1 Å². The van der Waals surface area contributed by atoms with Crippen molar-refractivity contribution in [1.82, 2.24) is 19.4 Å². The standard InChI is InChI=1S/C19H25F3N4O2S/c1-23-14-5-8-17-16(11-14)18(19(20,21)22)24-26(17)15-6-3-13(4-7-15)12-25-9-2-10-29(25,27)28/h3-4,6-7,14,23,27-28H,2,5,8-12H2,1H3. The van der Waals surface area contributed by atoms with Gasteiger partial charge in [0.2, 0.25) is 0 Å². The largest absolute Gasteiger partial charge is 0.435 e. The molecule has 1 aliphatic heterocycles. The van der Waals surface area contributed by atoms with E-state index in [9.17, 15) is 22.3 Å². The topological polar surface area (TPSA) is 73.6 Å². The minimum atomic E-state index is -4.49. The first kappa shape index (κ1) is 20.7. The van der Waals surface area contributed by atoms with Gasteiger partial charge in [-0.15, -0.1) is 10.8 Å². The van der Waals surface area contributed by atoms with Crippen molar-refractivity contribution in [3.63, 3.8) is 0 Å². The molecule has 4 rings (SSSR count). The third kappa shape index (κ3) is 4.04. The molecule has 2 heterocycles. The number of nitrogens with one attached hydrogen (secondary N) is 1. The zero-order chi connectivity index (χ0) is 20.8. The van der Waals surface area contributed by atoms with Gasteiger partial charge in [0, 0.05) is 30.4 Å². The Hall–Kier alpha value is -1.59. The molecule has 2 aliphatic rings. The van der Waals surface area contributed by atoms with E-state index in [1.165, 1.54) is 4.68 Å². The first-order valence-corrected chi connectivity index (χ1v) is 11.3. The fourth-order valence-electron chi connectivity index (χ4n) is 4.14. The molecule has 29 heavy (non-hydrogen) atoms. The van der Waals surface area contributed by atoms with Crippen LogP contribution >= 0.6 is 10.8 Å². The monoisotopic (exact) mass is 430 g/mol. The Balaban J connectivity index is 1.62. The van der Waals surface area contributed by atoms with Gasteiger partial charge in [-0.3, -0.25) is 9.11 Å². The molecule has 1 aliphatic carbocycles. The number of aromatic nitrogens is 2. The second-order valence-corrected chi connectivity index (χ2v) is 9.82. The first-order valence-electron chi connectivity index (χ1n) is 9.64. The number of hydrogen-bond acceptors (Lipinski definition) is 5. The van der Waals surface area contributed by atoms with Crippen molar-refractivity contribution in [2.45, 2.75) is 44.4 Å². The van der Waals surface area contributed by atoms with Crippen LogP contribution in [0.15, 0.2) is 24.3 Å². The number of nitrogens with zero attached hydrogens (tertiary/aromatic N) is 3. The minimum Gasteiger partial charge on any atom is -0.317 e. The van der Waals surface area contributed by atoms with E-state index in [1.807, 2.05) is 12.1 Å². The normalized spacial score (nSPS) is 23.2. The van der Waals surface area contributed by atoms with Crippen molar-refractivity contribution in [1.29, 1.82) is 0 Å². The van der Waals surface area contributed by atoms with Gasteiger partial charge in [-0.25, -0.2) is 8.99 Å². The summed E-state index contributed by atoms with van der Waals surface area (Å²) in [6, 6.07) is 7.13. The van der Waals surface area contributed by atoms with Crippen molar-refractivity contribution in [2.24, 2.45) is 0 Å². The summed E-state index contributed by atoms with van der Waals surface area (Å²) in [5.74, 6) is 0.387. The van der Waals surface area contributed by atoms with Gasteiger partial charge in [-0.05, 0) is 50.4 Å². The van der Waals surface area contributed by atoms with Crippen LogP contribution in [0.3, 0.4) is 0 Å². The van der Waals surface area contributed by atoms with Crippen molar-refractivity contribution < 1.29 is 22.3 Å². The molecule has 1 fully saturated rings. The van der Waals surface area contributed by atoms with Crippen LogP contribution in [0.4, 0.5) is 13.2 Å². The lowest BCUT2D eigenvalue weighted by Gasteiger charge is -2.36. The lowest BCUT2D eigenvalue weighted by atomic mass is 9.91. The Morgan fingerprint density at radius 1 is 1.24 bits per heavy atom. The van der Waals surface area contributed by atoms with Crippen molar-refractivity contribution in [3.05, 3.63) is 46.8 Å². The Kier molecular flexibility index (Phi) is 5.41. The molecule has 1 aromatic carbocycles. The molecule has 2 aromatic rings. The maximum absolute atomic E-state index is 13.6.